The molecule has 1 aliphatic carbocycles. The van der Waals surface area contributed by atoms with Crippen molar-refractivity contribution in [3.8, 4) is 0 Å². The van der Waals surface area contributed by atoms with Gasteiger partial charge in [-0.25, -0.2) is 0 Å². The van der Waals surface area contributed by atoms with Gasteiger partial charge in [-0.3, -0.25) is 9.59 Å². The van der Waals surface area contributed by atoms with Crippen LogP contribution in [0.4, 0.5) is 0 Å². The molecule has 0 atom stereocenters. The molecule has 110 valence electrons. The molecule has 19 heavy (non-hydrogen) atoms. The summed E-state index contributed by atoms with van der Waals surface area (Å²) in [7, 11) is 0. The van der Waals surface area contributed by atoms with Gasteiger partial charge < -0.3 is 16.2 Å². The highest BCUT2D eigenvalue weighted by molar-refractivity contribution is 5.79. The normalized spacial score (nSPS) is 17.6. The van der Waals surface area contributed by atoms with E-state index in [0.717, 1.165) is 19.3 Å². The lowest BCUT2D eigenvalue weighted by Crippen LogP contribution is -2.47. The summed E-state index contributed by atoms with van der Waals surface area (Å²) in [5.41, 5.74) is 4.89. The van der Waals surface area contributed by atoms with E-state index in [4.69, 9.17) is 10.8 Å². The third-order valence-corrected chi connectivity index (χ3v) is 4.24. The van der Waals surface area contributed by atoms with Gasteiger partial charge in [-0.15, -0.1) is 0 Å². The number of carbonyl (C=O) groups is 2. The maximum Gasteiger partial charge on any atom is 0.311 e. The van der Waals surface area contributed by atoms with Crippen molar-refractivity contribution < 1.29 is 14.7 Å². The highest BCUT2D eigenvalue weighted by atomic mass is 16.4. The van der Waals surface area contributed by atoms with E-state index in [2.05, 4.69) is 19.2 Å². The molecule has 0 aromatic carbocycles. The van der Waals surface area contributed by atoms with Crippen LogP contribution in [-0.4, -0.2) is 30.1 Å². The number of nitrogens with one attached hydrogen (secondary N) is 1. The van der Waals surface area contributed by atoms with Crippen LogP contribution in [0.15, 0.2) is 0 Å². The zero-order valence-corrected chi connectivity index (χ0v) is 12.0. The van der Waals surface area contributed by atoms with Gasteiger partial charge in [0.05, 0.1) is 5.41 Å². The molecule has 5 heteroatoms. The van der Waals surface area contributed by atoms with E-state index < -0.39 is 11.4 Å². The monoisotopic (exact) mass is 270 g/mol. The largest absolute Gasteiger partial charge is 0.481 e. The van der Waals surface area contributed by atoms with E-state index in [-0.39, 0.29) is 17.9 Å². The van der Waals surface area contributed by atoms with Crippen LogP contribution in [0.5, 0.6) is 0 Å². The minimum Gasteiger partial charge on any atom is -0.481 e. The fourth-order valence-corrected chi connectivity index (χ4v) is 2.39. The van der Waals surface area contributed by atoms with Crippen molar-refractivity contribution in [2.24, 2.45) is 16.6 Å². The van der Waals surface area contributed by atoms with Crippen molar-refractivity contribution in [1.82, 2.24) is 5.32 Å². The number of hydrogen-bond donors (Lipinski definition) is 3. The van der Waals surface area contributed by atoms with Gasteiger partial charge in [0, 0.05) is 13.0 Å². The number of carboxylic acid groups (broad SMARTS) is 1. The first-order valence-electron chi connectivity index (χ1n) is 7.01. The average Bonchev–Trinajstić information content (AvgIpc) is 2.24. The van der Waals surface area contributed by atoms with E-state index >= 15 is 0 Å². The second-order valence-corrected chi connectivity index (χ2v) is 6.42. The summed E-state index contributed by atoms with van der Waals surface area (Å²) in [6.45, 7) is 5.07. The minimum absolute atomic E-state index is 0.0578. The molecule has 1 rings (SSSR count). The molecule has 0 aromatic rings. The van der Waals surface area contributed by atoms with Crippen molar-refractivity contribution in [1.29, 1.82) is 0 Å². The fourth-order valence-electron chi connectivity index (χ4n) is 2.39. The zero-order valence-electron chi connectivity index (χ0n) is 12.0. The molecule has 0 aliphatic heterocycles. The maximum absolute atomic E-state index is 11.8. The molecular formula is C14H26N2O3. The Morgan fingerprint density at radius 3 is 2.37 bits per heavy atom. The standard InChI is InChI=1S/C14H26N2O3/c1-13(2,8-9-15)7-4-11(17)16-10-14(12(18)19)5-3-6-14/h3-10,15H2,1-2H3,(H,16,17)(H,18,19). The Bertz CT molecular complexity index is 336. The van der Waals surface area contributed by atoms with Gasteiger partial charge >= 0.3 is 5.97 Å². The van der Waals surface area contributed by atoms with Crippen molar-refractivity contribution in [3.05, 3.63) is 0 Å². The van der Waals surface area contributed by atoms with E-state index in [9.17, 15) is 9.59 Å². The zero-order chi connectivity index (χ0) is 14.5. The lowest BCUT2D eigenvalue weighted by atomic mass is 9.69. The van der Waals surface area contributed by atoms with Gasteiger partial charge in [0.15, 0.2) is 0 Å². The first kappa shape index (κ1) is 16.0. The lowest BCUT2D eigenvalue weighted by Gasteiger charge is -2.37. The van der Waals surface area contributed by atoms with Gasteiger partial charge in [0.1, 0.15) is 0 Å². The molecule has 1 saturated carbocycles. The fraction of sp³-hybridized carbons (Fsp3) is 0.857. The molecule has 0 heterocycles. The van der Waals surface area contributed by atoms with Crippen LogP contribution in [0.25, 0.3) is 0 Å². The first-order valence-corrected chi connectivity index (χ1v) is 7.01. The molecule has 1 amide bonds. The Morgan fingerprint density at radius 2 is 1.95 bits per heavy atom. The summed E-state index contributed by atoms with van der Waals surface area (Å²) in [5, 5.41) is 11.9. The van der Waals surface area contributed by atoms with E-state index in [1.165, 1.54) is 0 Å². The molecule has 4 N–H and O–H groups in total. The van der Waals surface area contributed by atoms with Crippen LogP contribution in [-0.2, 0) is 9.59 Å². The molecular weight excluding hydrogens is 244 g/mol. The quantitative estimate of drug-likeness (QED) is 0.623. The Kier molecular flexibility index (Phi) is 5.35. The van der Waals surface area contributed by atoms with Crippen LogP contribution < -0.4 is 11.1 Å². The second kappa shape index (κ2) is 6.37. The first-order chi connectivity index (χ1) is 8.81. The molecule has 0 aromatic heterocycles. The average molecular weight is 270 g/mol. The number of rotatable bonds is 8. The van der Waals surface area contributed by atoms with E-state index in [1.54, 1.807) is 0 Å². The van der Waals surface area contributed by atoms with E-state index in [1.807, 2.05) is 0 Å². The Morgan fingerprint density at radius 1 is 1.32 bits per heavy atom. The van der Waals surface area contributed by atoms with E-state index in [0.29, 0.717) is 25.8 Å². The highest BCUT2D eigenvalue weighted by Crippen LogP contribution is 2.40. The molecule has 0 saturated heterocycles. The maximum atomic E-state index is 11.8. The summed E-state index contributed by atoms with van der Waals surface area (Å²) >= 11 is 0. The number of amides is 1. The molecule has 1 aliphatic rings. The SMILES string of the molecule is CC(C)(CCN)CCC(=O)NCC1(C(=O)O)CCC1. The summed E-state index contributed by atoms with van der Waals surface area (Å²) in [5.74, 6) is -0.847. The molecule has 0 radical (unpaired) electrons. The van der Waals surface area contributed by atoms with Gasteiger partial charge in [0.25, 0.3) is 0 Å². The van der Waals surface area contributed by atoms with Gasteiger partial charge in [-0.05, 0) is 37.6 Å². The number of nitrogens with two attached hydrogens (primary N) is 1. The highest BCUT2D eigenvalue weighted by Gasteiger charge is 2.44. The number of carbonyl (C=O) groups excluding carboxylic acids is 1. The predicted octanol–water partition coefficient (Wildman–Crippen LogP) is 1.51. The van der Waals surface area contributed by atoms with Crippen molar-refractivity contribution >= 4 is 11.9 Å². The third kappa shape index (κ3) is 4.49. The molecule has 0 spiro atoms. The minimum atomic E-state index is -0.789. The third-order valence-electron chi connectivity index (χ3n) is 4.24. The lowest BCUT2D eigenvalue weighted by molar-refractivity contribution is -0.154. The predicted molar refractivity (Wildman–Crippen MR) is 73.6 cm³/mol. The van der Waals surface area contributed by atoms with Crippen LogP contribution in [0, 0.1) is 10.8 Å². The number of hydrogen-bond acceptors (Lipinski definition) is 3. The van der Waals surface area contributed by atoms with Crippen LogP contribution in [0.2, 0.25) is 0 Å². The van der Waals surface area contributed by atoms with Gasteiger partial charge in [0.2, 0.25) is 5.91 Å². The molecule has 1 fully saturated rings. The Labute approximate surface area is 114 Å². The van der Waals surface area contributed by atoms with Crippen LogP contribution >= 0.6 is 0 Å². The topological polar surface area (TPSA) is 92.4 Å². The van der Waals surface area contributed by atoms with Gasteiger partial charge in [-0.1, -0.05) is 20.3 Å². The second-order valence-electron chi connectivity index (χ2n) is 6.42. The summed E-state index contributed by atoms with van der Waals surface area (Å²) < 4.78 is 0. The van der Waals surface area contributed by atoms with Crippen LogP contribution in [0.1, 0.15) is 52.4 Å². The summed E-state index contributed by atoms with van der Waals surface area (Å²) in [6, 6.07) is 0. The van der Waals surface area contributed by atoms with Crippen molar-refractivity contribution in [3.63, 3.8) is 0 Å². The Hall–Kier alpha value is -1.10. The molecule has 0 bridgehead atoms. The Balaban J connectivity index is 2.30. The molecule has 5 nitrogen and oxygen atoms in total. The van der Waals surface area contributed by atoms with Crippen molar-refractivity contribution in [2.75, 3.05) is 13.1 Å². The summed E-state index contributed by atoms with van der Waals surface area (Å²) in [4.78, 5) is 22.9. The number of aliphatic carboxylic acids is 1. The summed E-state index contributed by atoms with van der Waals surface area (Å²) in [6.07, 6.45) is 4.37. The van der Waals surface area contributed by atoms with Crippen molar-refractivity contribution in [2.45, 2.75) is 52.4 Å². The van der Waals surface area contributed by atoms with Gasteiger partial charge in [-0.2, -0.15) is 0 Å². The smallest absolute Gasteiger partial charge is 0.311 e. The van der Waals surface area contributed by atoms with Crippen LogP contribution in [0.3, 0.4) is 0 Å². The number of carboxylic acids is 1. The molecule has 0 unspecified atom stereocenters.